The first kappa shape index (κ1) is 25.2. The van der Waals surface area contributed by atoms with Gasteiger partial charge in [0.1, 0.15) is 5.25 Å². The van der Waals surface area contributed by atoms with Crippen molar-refractivity contribution >= 4 is 36.9 Å². The largest absolute Gasteiger partial charge is 0.479 e. The summed E-state index contributed by atoms with van der Waals surface area (Å²) in [4.78, 5) is 28.9. The van der Waals surface area contributed by atoms with Gasteiger partial charge in [0.25, 0.3) is 10.1 Å². The fourth-order valence-corrected chi connectivity index (χ4v) is 1.46. The van der Waals surface area contributed by atoms with E-state index < -0.39 is 33.0 Å². The lowest BCUT2D eigenvalue weighted by Gasteiger charge is -2.10. The predicted molar refractivity (Wildman–Crippen MR) is 84.4 cm³/mol. The standard InChI is InChI=1S/C7H13NO4S.C3H4O2.CH3O2P/c1-3-6(13(10,11)12)5-8-7(9)4-2;1-2-3(4)5;2-1(3)4/h4,6H,2-3,5H2,1H3,(H,8,9)(H,10,11,12);2H,1H2,(H,4,5);4H2,(H,2,3). The van der Waals surface area contributed by atoms with Crippen molar-refractivity contribution < 1.29 is 37.6 Å². The molecule has 0 saturated heterocycles. The lowest BCUT2D eigenvalue weighted by molar-refractivity contribution is -0.131. The van der Waals surface area contributed by atoms with Crippen molar-refractivity contribution in [3.05, 3.63) is 25.3 Å². The lowest BCUT2D eigenvalue weighted by atomic mass is 10.3. The molecule has 0 spiro atoms. The average Bonchev–Trinajstić information content (AvgIpc) is 2.37. The van der Waals surface area contributed by atoms with E-state index in [9.17, 15) is 18.0 Å². The molecule has 0 aromatic rings. The molecule has 4 N–H and O–H groups in total. The van der Waals surface area contributed by atoms with Crippen LogP contribution in [0.5, 0.6) is 0 Å². The number of carbonyl (C=O) groups is 3. The predicted octanol–water partition coefficient (Wildman–Crippen LogP) is 0.752. The molecule has 0 aromatic heterocycles. The molecule has 0 rings (SSSR count). The van der Waals surface area contributed by atoms with Crippen LogP contribution in [0.15, 0.2) is 25.3 Å². The first-order valence-electron chi connectivity index (χ1n) is 5.62. The van der Waals surface area contributed by atoms with Gasteiger partial charge < -0.3 is 15.5 Å². The van der Waals surface area contributed by atoms with E-state index in [1.807, 2.05) is 0 Å². The molecule has 11 heteroatoms. The quantitative estimate of drug-likeness (QED) is 0.308. The summed E-state index contributed by atoms with van der Waals surface area (Å²) in [5.74, 6) is -1.44. The van der Waals surface area contributed by atoms with Gasteiger partial charge in [-0.2, -0.15) is 8.42 Å². The van der Waals surface area contributed by atoms with Gasteiger partial charge in [-0.1, -0.05) is 20.1 Å². The summed E-state index contributed by atoms with van der Waals surface area (Å²) in [5.41, 5.74) is -0.917. The van der Waals surface area contributed by atoms with Gasteiger partial charge in [-0.25, -0.2) is 9.59 Å². The minimum atomic E-state index is -4.07. The normalized spacial score (nSPS) is 10.5. The van der Waals surface area contributed by atoms with Gasteiger partial charge in [0.15, 0.2) is 0 Å². The molecule has 0 saturated carbocycles. The Balaban J connectivity index is -0.000000330. The number of nitrogens with one attached hydrogen (secondary N) is 1. The van der Waals surface area contributed by atoms with E-state index in [0.717, 1.165) is 12.2 Å². The van der Waals surface area contributed by atoms with E-state index in [0.29, 0.717) is 0 Å². The van der Waals surface area contributed by atoms with E-state index in [1.54, 1.807) is 16.2 Å². The molecular formula is C11H20NO8PS. The molecule has 128 valence electrons. The van der Waals surface area contributed by atoms with Gasteiger partial charge >= 0.3 is 11.7 Å². The Morgan fingerprint density at radius 3 is 1.77 bits per heavy atom. The van der Waals surface area contributed by atoms with Crippen LogP contribution in [0.2, 0.25) is 0 Å². The molecule has 0 aromatic carbocycles. The Morgan fingerprint density at radius 1 is 1.23 bits per heavy atom. The van der Waals surface area contributed by atoms with Gasteiger partial charge in [-0.05, 0) is 21.7 Å². The van der Waals surface area contributed by atoms with Crippen molar-refractivity contribution in [2.45, 2.75) is 18.6 Å². The van der Waals surface area contributed by atoms with E-state index >= 15 is 0 Å². The second-order valence-electron chi connectivity index (χ2n) is 3.38. The number of carboxylic acids is 1. The molecule has 1 amide bonds. The van der Waals surface area contributed by atoms with Crippen molar-refractivity contribution in [2.24, 2.45) is 0 Å². The van der Waals surface area contributed by atoms with Crippen LogP contribution in [0, 0.1) is 0 Å². The topological polar surface area (TPSA) is 158 Å². The second-order valence-corrected chi connectivity index (χ2v) is 5.57. The Kier molecular flexibility index (Phi) is 16.2. The SMILES string of the molecule is C=CC(=O)NCC(CC)S(=O)(=O)O.C=CC(=O)O.O=C(O)P. The Hall–Kier alpha value is -1.77. The fourth-order valence-electron chi connectivity index (χ4n) is 0.747. The number of rotatable bonds is 6. The maximum Gasteiger partial charge on any atom is 0.327 e. The van der Waals surface area contributed by atoms with E-state index in [-0.39, 0.29) is 13.0 Å². The van der Waals surface area contributed by atoms with Crippen molar-refractivity contribution in [1.82, 2.24) is 5.32 Å². The fraction of sp³-hybridized carbons (Fsp3) is 0.364. The van der Waals surface area contributed by atoms with Crippen LogP contribution in [-0.2, 0) is 19.7 Å². The highest BCUT2D eigenvalue weighted by Gasteiger charge is 2.20. The molecule has 2 atom stereocenters. The van der Waals surface area contributed by atoms with Gasteiger partial charge in [0, 0.05) is 12.6 Å². The van der Waals surface area contributed by atoms with Crippen LogP contribution in [0.3, 0.4) is 0 Å². The van der Waals surface area contributed by atoms with Crippen molar-refractivity contribution in [3.8, 4) is 0 Å². The van der Waals surface area contributed by atoms with Crippen molar-refractivity contribution in [1.29, 1.82) is 0 Å². The molecule has 0 radical (unpaired) electrons. The van der Waals surface area contributed by atoms with Crippen LogP contribution >= 0.6 is 9.24 Å². The number of aliphatic carboxylic acids is 1. The Labute approximate surface area is 131 Å². The minimum Gasteiger partial charge on any atom is -0.479 e. The van der Waals surface area contributed by atoms with Crippen LogP contribution in [-0.4, -0.2) is 52.6 Å². The Bertz CT molecular complexity index is 484. The summed E-state index contributed by atoms with van der Waals surface area (Å²) >= 11 is 0. The summed E-state index contributed by atoms with van der Waals surface area (Å²) in [6.07, 6.45) is 2.12. The zero-order chi connectivity index (χ0) is 18.3. The number of amides is 1. The maximum atomic E-state index is 10.7. The molecule has 0 fully saturated rings. The van der Waals surface area contributed by atoms with Gasteiger partial charge in [0.2, 0.25) is 5.91 Å². The van der Waals surface area contributed by atoms with Gasteiger partial charge in [-0.15, -0.1) is 0 Å². The van der Waals surface area contributed by atoms with Crippen molar-refractivity contribution in [2.75, 3.05) is 6.54 Å². The van der Waals surface area contributed by atoms with Gasteiger partial charge in [-0.3, -0.25) is 9.35 Å². The molecule has 0 aliphatic carbocycles. The monoisotopic (exact) mass is 357 g/mol. The van der Waals surface area contributed by atoms with Crippen LogP contribution in [0.4, 0.5) is 4.79 Å². The van der Waals surface area contributed by atoms with Gasteiger partial charge in [0.05, 0.1) is 0 Å². The Morgan fingerprint density at radius 2 is 1.59 bits per heavy atom. The second kappa shape index (κ2) is 14.2. The first-order chi connectivity index (χ1) is 9.92. The smallest absolute Gasteiger partial charge is 0.327 e. The van der Waals surface area contributed by atoms with E-state index in [2.05, 4.69) is 18.5 Å². The van der Waals surface area contributed by atoms with Crippen LogP contribution < -0.4 is 5.32 Å². The summed E-state index contributed by atoms with van der Waals surface area (Å²) in [7, 11) is -2.49. The third kappa shape index (κ3) is 23.3. The summed E-state index contributed by atoms with van der Waals surface area (Å²) in [5, 5.41) is 16.3. The zero-order valence-electron chi connectivity index (χ0n) is 11.9. The molecule has 0 aliphatic heterocycles. The van der Waals surface area contributed by atoms with Crippen molar-refractivity contribution in [3.63, 3.8) is 0 Å². The van der Waals surface area contributed by atoms with Crippen LogP contribution in [0.1, 0.15) is 13.3 Å². The molecule has 2 unspecified atom stereocenters. The van der Waals surface area contributed by atoms with Crippen LogP contribution in [0.25, 0.3) is 0 Å². The molecule has 0 bridgehead atoms. The third-order valence-electron chi connectivity index (χ3n) is 1.74. The number of carboxylic acid groups (broad SMARTS) is 2. The maximum absolute atomic E-state index is 10.7. The molecule has 0 heterocycles. The number of hydrogen-bond donors (Lipinski definition) is 4. The molecule has 9 nitrogen and oxygen atoms in total. The zero-order valence-corrected chi connectivity index (χ0v) is 13.9. The minimum absolute atomic E-state index is 0.0970. The average molecular weight is 357 g/mol. The lowest BCUT2D eigenvalue weighted by Crippen LogP contribution is -2.35. The summed E-state index contributed by atoms with van der Waals surface area (Å²) in [6.45, 7) is 7.68. The van der Waals surface area contributed by atoms with E-state index in [4.69, 9.17) is 19.6 Å². The molecule has 0 aliphatic rings. The number of carbonyl (C=O) groups excluding carboxylic acids is 1. The highest BCUT2D eigenvalue weighted by Crippen LogP contribution is 2.01. The molecule has 22 heavy (non-hydrogen) atoms. The van der Waals surface area contributed by atoms with E-state index in [1.165, 1.54) is 0 Å². The summed E-state index contributed by atoms with van der Waals surface area (Å²) in [6, 6.07) is 0. The highest BCUT2D eigenvalue weighted by atomic mass is 32.2. The highest BCUT2D eigenvalue weighted by molar-refractivity contribution is 7.86. The third-order valence-corrected chi connectivity index (χ3v) is 3.08. The molecular weight excluding hydrogens is 337 g/mol. The number of hydrogen-bond acceptors (Lipinski definition) is 5. The summed E-state index contributed by atoms with van der Waals surface area (Å²) < 4.78 is 29.9. The first-order valence-corrected chi connectivity index (χ1v) is 7.70.